The van der Waals surface area contributed by atoms with Crippen LogP contribution in [0.1, 0.15) is 47.0 Å². The van der Waals surface area contributed by atoms with Crippen LogP contribution in [0.2, 0.25) is 0 Å². The average molecular weight is 225 g/mol. The topological polar surface area (TPSA) is 78.4 Å². The summed E-state index contributed by atoms with van der Waals surface area (Å²) in [5.74, 6) is 0. The van der Waals surface area contributed by atoms with Crippen LogP contribution in [0.15, 0.2) is 0 Å². The maximum atomic E-state index is 11.7. The lowest BCUT2D eigenvalue weighted by Gasteiger charge is -2.28. The van der Waals surface area contributed by atoms with E-state index in [0.29, 0.717) is 19.3 Å². The van der Waals surface area contributed by atoms with Gasteiger partial charge in [0.1, 0.15) is 0 Å². The fourth-order valence-corrected chi connectivity index (χ4v) is 3.18. The molecule has 0 aliphatic heterocycles. The highest BCUT2D eigenvalue weighted by atomic mass is 32.2. The van der Waals surface area contributed by atoms with Crippen LogP contribution in [-0.2, 0) is 14.3 Å². The molecule has 88 valence electrons. The van der Waals surface area contributed by atoms with Crippen molar-refractivity contribution in [3.8, 4) is 0 Å². The molecule has 0 saturated heterocycles. The van der Waals surface area contributed by atoms with E-state index in [1.807, 2.05) is 20.8 Å². The third kappa shape index (κ3) is 2.93. The summed E-state index contributed by atoms with van der Waals surface area (Å²) in [6, 6.07) is 0. The summed E-state index contributed by atoms with van der Waals surface area (Å²) in [6.07, 6.45) is 1.84. The number of rotatable bonds is 6. The number of hydrogen-bond donors (Lipinski definition) is 1. The summed E-state index contributed by atoms with van der Waals surface area (Å²) in [4.78, 5) is 0. The molecule has 5 heteroatoms. The molecule has 0 atom stereocenters. The zero-order valence-corrected chi connectivity index (χ0v) is 10.5. The molecule has 3 N–H and O–H groups in total. The van der Waals surface area contributed by atoms with Crippen molar-refractivity contribution in [3.05, 3.63) is 0 Å². The fourth-order valence-electron chi connectivity index (χ4n) is 1.56. The van der Waals surface area contributed by atoms with Gasteiger partial charge < -0.3 is 6.15 Å². The Morgan fingerprint density at radius 2 is 1.36 bits per heavy atom. The molecule has 0 bridgehead atoms. The molecule has 0 aliphatic carbocycles. The normalized spacial score (nSPS) is 12.3. The molecule has 0 unspecified atom stereocenters. The molecule has 0 saturated carbocycles. The summed E-state index contributed by atoms with van der Waals surface area (Å²) in [6.45, 7) is 7.60. The van der Waals surface area contributed by atoms with E-state index in [1.165, 1.54) is 0 Å². The maximum absolute atomic E-state index is 11.7. The van der Waals surface area contributed by atoms with Gasteiger partial charge in [-0.1, -0.05) is 20.8 Å². The third-order valence-electron chi connectivity index (χ3n) is 2.74. The molecular formula is C9H23NO3S. The first-order valence-electron chi connectivity index (χ1n) is 4.88. The molecule has 0 rings (SSSR count). The largest absolute Gasteiger partial charge is 0.344 e. The monoisotopic (exact) mass is 225 g/mol. The molecular weight excluding hydrogens is 202 g/mol. The van der Waals surface area contributed by atoms with E-state index in [1.54, 1.807) is 6.92 Å². The molecule has 0 aromatic heterocycles. The Kier molecular flexibility index (Phi) is 7.42. The Morgan fingerprint density at radius 3 is 1.57 bits per heavy atom. The summed E-state index contributed by atoms with van der Waals surface area (Å²) >= 11 is 0. The van der Waals surface area contributed by atoms with Crippen LogP contribution in [0.25, 0.3) is 0 Å². The molecule has 4 nitrogen and oxygen atoms in total. The van der Waals surface area contributed by atoms with Crippen molar-refractivity contribution in [1.82, 2.24) is 6.15 Å². The van der Waals surface area contributed by atoms with Crippen LogP contribution in [0, 0.1) is 0 Å². The zero-order valence-electron chi connectivity index (χ0n) is 9.67. The fraction of sp³-hybridized carbons (Fsp3) is 1.00. The van der Waals surface area contributed by atoms with Crippen molar-refractivity contribution in [3.63, 3.8) is 0 Å². The molecule has 0 aliphatic rings. The molecule has 0 amide bonds. The molecule has 0 heterocycles. The Morgan fingerprint density at radius 1 is 1.00 bits per heavy atom. The summed E-state index contributed by atoms with van der Waals surface area (Å²) in [5, 5.41) is 0. The first kappa shape index (κ1) is 16.3. The highest BCUT2D eigenvalue weighted by molar-refractivity contribution is 7.88. The van der Waals surface area contributed by atoms with Gasteiger partial charge in [0.25, 0.3) is 10.1 Å². The minimum absolute atomic E-state index is 0. The van der Waals surface area contributed by atoms with Gasteiger partial charge in [0.2, 0.25) is 0 Å². The first-order valence-corrected chi connectivity index (χ1v) is 6.29. The van der Waals surface area contributed by atoms with E-state index in [9.17, 15) is 8.42 Å². The highest BCUT2D eigenvalue weighted by Crippen LogP contribution is 2.30. The quantitative estimate of drug-likeness (QED) is 0.704. The summed E-state index contributed by atoms with van der Waals surface area (Å²) < 4.78 is 27.6. The molecule has 0 fully saturated rings. The first-order chi connectivity index (χ1) is 5.99. The Hall–Kier alpha value is -0.130. The van der Waals surface area contributed by atoms with Gasteiger partial charge in [0, 0.05) is 0 Å². The van der Waals surface area contributed by atoms with Gasteiger partial charge in [-0.2, -0.15) is 8.42 Å². The van der Waals surface area contributed by atoms with Gasteiger partial charge in [0.15, 0.2) is 0 Å². The van der Waals surface area contributed by atoms with E-state index in [-0.39, 0.29) is 12.8 Å². The molecule has 0 aromatic rings. The standard InChI is InChI=1S/C9H20O3S.H3N/c1-5-9(6-2,7-3)13(10,11)12-8-4;/h5-8H2,1-4H3;1H3. The van der Waals surface area contributed by atoms with Crippen LogP contribution in [-0.4, -0.2) is 19.8 Å². The highest BCUT2D eigenvalue weighted by Gasteiger charge is 2.39. The lowest BCUT2D eigenvalue weighted by atomic mass is 9.99. The van der Waals surface area contributed by atoms with Crippen molar-refractivity contribution in [2.24, 2.45) is 0 Å². The minimum Gasteiger partial charge on any atom is -0.344 e. The number of hydrogen-bond acceptors (Lipinski definition) is 4. The van der Waals surface area contributed by atoms with E-state index < -0.39 is 14.9 Å². The summed E-state index contributed by atoms with van der Waals surface area (Å²) in [5.41, 5.74) is 0. The molecule has 0 aromatic carbocycles. The van der Waals surface area contributed by atoms with Crippen molar-refractivity contribution in [1.29, 1.82) is 0 Å². The van der Waals surface area contributed by atoms with Gasteiger partial charge in [-0.3, -0.25) is 4.18 Å². The average Bonchev–Trinajstić information content (AvgIpc) is 2.07. The second-order valence-electron chi connectivity index (χ2n) is 3.10. The molecule has 14 heavy (non-hydrogen) atoms. The van der Waals surface area contributed by atoms with E-state index >= 15 is 0 Å². The van der Waals surface area contributed by atoms with Crippen molar-refractivity contribution < 1.29 is 12.6 Å². The van der Waals surface area contributed by atoms with E-state index in [2.05, 4.69) is 0 Å². The Labute approximate surface area is 87.7 Å². The third-order valence-corrected chi connectivity index (χ3v) is 5.21. The maximum Gasteiger partial charge on any atom is 0.273 e. The Balaban J connectivity index is 0. The van der Waals surface area contributed by atoms with Crippen LogP contribution in [0.5, 0.6) is 0 Å². The van der Waals surface area contributed by atoms with Gasteiger partial charge in [0.05, 0.1) is 11.4 Å². The van der Waals surface area contributed by atoms with Crippen molar-refractivity contribution in [2.75, 3.05) is 6.61 Å². The van der Waals surface area contributed by atoms with Crippen LogP contribution in [0.4, 0.5) is 0 Å². The zero-order chi connectivity index (χ0) is 10.5. The predicted molar refractivity (Wildman–Crippen MR) is 59.2 cm³/mol. The van der Waals surface area contributed by atoms with Gasteiger partial charge in [-0.15, -0.1) is 0 Å². The van der Waals surface area contributed by atoms with Gasteiger partial charge >= 0.3 is 0 Å². The summed E-state index contributed by atoms with van der Waals surface area (Å²) in [7, 11) is -3.38. The van der Waals surface area contributed by atoms with Crippen LogP contribution in [0.3, 0.4) is 0 Å². The second-order valence-corrected chi connectivity index (χ2v) is 5.11. The van der Waals surface area contributed by atoms with E-state index in [0.717, 1.165) is 0 Å². The molecule has 0 spiro atoms. The van der Waals surface area contributed by atoms with E-state index in [4.69, 9.17) is 4.18 Å². The smallest absolute Gasteiger partial charge is 0.273 e. The SMILES string of the molecule is CCOS(=O)(=O)C(CC)(CC)CC.N. The van der Waals surface area contributed by atoms with Gasteiger partial charge in [-0.05, 0) is 26.2 Å². The minimum atomic E-state index is -3.38. The van der Waals surface area contributed by atoms with Crippen molar-refractivity contribution >= 4 is 10.1 Å². The van der Waals surface area contributed by atoms with Crippen molar-refractivity contribution in [2.45, 2.75) is 51.7 Å². The van der Waals surface area contributed by atoms with Crippen LogP contribution < -0.4 is 6.15 Å². The van der Waals surface area contributed by atoms with Gasteiger partial charge in [-0.25, -0.2) is 0 Å². The lowest BCUT2D eigenvalue weighted by Crippen LogP contribution is -2.38. The molecule has 0 radical (unpaired) electrons. The predicted octanol–water partition coefficient (Wildman–Crippen LogP) is 2.48. The Bertz CT molecular complexity index is 224. The lowest BCUT2D eigenvalue weighted by molar-refractivity contribution is 0.304. The van der Waals surface area contributed by atoms with Crippen LogP contribution >= 0.6 is 0 Å². The second kappa shape index (κ2) is 6.37.